The van der Waals surface area contributed by atoms with Crippen molar-refractivity contribution < 1.29 is 13.5 Å². The van der Waals surface area contributed by atoms with Crippen molar-refractivity contribution in [2.75, 3.05) is 6.26 Å². The Hall–Kier alpha value is -2.06. The third-order valence-electron chi connectivity index (χ3n) is 2.77. The van der Waals surface area contributed by atoms with Crippen LogP contribution in [-0.2, 0) is 0 Å². The lowest BCUT2D eigenvalue weighted by Gasteiger charge is -2.11. The Morgan fingerprint density at radius 1 is 1.15 bits per heavy atom. The first-order chi connectivity index (χ1) is 9.55. The molecular formula is C15H11F2NOS. The molecule has 5 heteroatoms. The standard InChI is InChI=1S/C15H11F2NOS/c1-9-13(8-18)14(3-4-15(9)20-2)19-12-6-10(16)5-11(17)7-12/h3-7H,1-2H3. The normalized spacial score (nSPS) is 10.2. The predicted molar refractivity (Wildman–Crippen MR) is 74.1 cm³/mol. The van der Waals surface area contributed by atoms with Gasteiger partial charge in [0.05, 0.1) is 5.56 Å². The molecule has 20 heavy (non-hydrogen) atoms. The van der Waals surface area contributed by atoms with Crippen molar-refractivity contribution >= 4 is 11.8 Å². The van der Waals surface area contributed by atoms with Crippen LogP contribution in [0.4, 0.5) is 8.78 Å². The number of hydrogen-bond acceptors (Lipinski definition) is 3. The predicted octanol–water partition coefficient (Wildman–Crippen LogP) is 4.66. The van der Waals surface area contributed by atoms with Gasteiger partial charge >= 0.3 is 0 Å². The quantitative estimate of drug-likeness (QED) is 0.771. The van der Waals surface area contributed by atoms with E-state index in [2.05, 4.69) is 6.07 Å². The van der Waals surface area contributed by atoms with Gasteiger partial charge < -0.3 is 4.74 Å². The van der Waals surface area contributed by atoms with Crippen LogP contribution in [0.5, 0.6) is 11.5 Å². The van der Waals surface area contributed by atoms with Gasteiger partial charge in [0.15, 0.2) is 0 Å². The molecule has 0 heterocycles. The maximum absolute atomic E-state index is 13.1. The smallest absolute Gasteiger partial charge is 0.145 e. The molecule has 2 rings (SSSR count). The SMILES string of the molecule is CSc1ccc(Oc2cc(F)cc(F)c2)c(C#N)c1C. The minimum Gasteiger partial charge on any atom is -0.456 e. The monoisotopic (exact) mass is 291 g/mol. The Morgan fingerprint density at radius 2 is 1.80 bits per heavy atom. The summed E-state index contributed by atoms with van der Waals surface area (Å²) in [5.74, 6) is -1.14. The van der Waals surface area contributed by atoms with Crippen LogP contribution < -0.4 is 4.74 Å². The van der Waals surface area contributed by atoms with Crippen molar-refractivity contribution in [1.29, 1.82) is 5.26 Å². The fraction of sp³-hybridized carbons (Fsp3) is 0.133. The van der Waals surface area contributed by atoms with Crippen molar-refractivity contribution in [3.05, 3.63) is 53.1 Å². The summed E-state index contributed by atoms with van der Waals surface area (Å²) in [6, 6.07) is 8.41. The first-order valence-electron chi connectivity index (χ1n) is 5.76. The largest absolute Gasteiger partial charge is 0.456 e. The number of rotatable bonds is 3. The second kappa shape index (κ2) is 5.93. The highest BCUT2D eigenvalue weighted by Gasteiger charge is 2.12. The maximum Gasteiger partial charge on any atom is 0.145 e. The first-order valence-corrected chi connectivity index (χ1v) is 6.99. The van der Waals surface area contributed by atoms with Crippen molar-refractivity contribution in [3.63, 3.8) is 0 Å². The molecular weight excluding hydrogens is 280 g/mol. The topological polar surface area (TPSA) is 33.0 Å². The van der Waals surface area contributed by atoms with Crippen LogP contribution in [0.15, 0.2) is 35.2 Å². The Balaban J connectivity index is 2.44. The fourth-order valence-corrected chi connectivity index (χ4v) is 2.44. The number of hydrogen-bond donors (Lipinski definition) is 0. The third-order valence-corrected chi connectivity index (χ3v) is 3.65. The van der Waals surface area contributed by atoms with E-state index in [1.165, 1.54) is 11.8 Å². The van der Waals surface area contributed by atoms with E-state index >= 15 is 0 Å². The molecule has 0 aromatic heterocycles. The molecule has 0 saturated carbocycles. The molecule has 0 aliphatic heterocycles. The Bertz CT molecular complexity index is 675. The molecule has 0 bridgehead atoms. The first kappa shape index (κ1) is 14.4. The van der Waals surface area contributed by atoms with Gasteiger partial charge in [-0.3, -0.25) is 0 Å². The molecule has 102 valence electrons. The van der Waals surface area contributed by atoms with Gasteiger partial charge in [-0.05, 0) is 30.9 Å². The number of thioether (sulfide) groups is 1. The average molecular weight is 291 g/mol. The molecule has 0 N–H and O–H groups in total. The molecule has 0 radical (unpaired) electrons. The summed E-state index contributed by atoms with van der Waals surface area (Å²) in [5, 5.41) is 9.22. The van der Waals surface area contributed by atoms with E-state index in [0.717, 1.165) is 28.7 Å². The Morgan fingerprint density at radius 3 is 2.35 bits per heavy atom. The lowest BCUT2D eigenvalue weighted by Crippen LogP contribution is -1.94. The molecule has 0 aliphatic rings. The molecule has 0 unspecified atom stereocenters. The van der Waals surface area contributed by atoms with Gasteiger partial charge in [0, 0.05) is 23.1 Å². The summed E-state index contributed by atoms with van der Waals surface area (Å²) >= 11 is 1.52. The summed E-state index contributed by atoms with van der Waals surface area (Å²) in [6.07, 6.45) is 1.91. The Kier molecular flexibility index (Phi) is 4.26. The Labute approximate surface area is 120 Å². The van der Waals surface area contributed by atoms with Gasteiger partial charge in [-0.15, -0.1) is 11.8 Å². The van der Waals surface area contributed by atoms with E-state index in [1.807, 2.05) is 19.2 Å². The van der Waals surface area contributed by atoms with E-state index in [1.54, 1.807) is 6.07 Å². The van der Waals surface area contributed by atoms with Gasteiger partial charge in [-0.1, -0.05) is 0 Å². The van der Waals surface area contributed by atoms with E-state index < -0.39 is 11.6 Å². The number of benzene rings is 2. The lowest BCUT2D eigenvalue weighted by molar-refractivity contribution is 0.466. The molecule has 2 nitrogen and oxygen atoms in total. The zero-order chi connectivity index (χ0) is 14.7. The summed E-state index contributed by atoms with van der Waals surface area (Å²) in [4.78, 5) is 0.958. The second-order valence-electron chi connectivity index (χ2n) is 4.08. The van der Waals surface area contributed by atoms with E-state index in [9.17, 15) is 14.0 Å². The highest BCUT2D eigenvalue weighted by Crippen LogP contribution is 2.32. The molecule has 0 spiro atoms. The number of nitriles is 1. The molecule has 0 amide bonds. The average Bonchev–Trinajstić information content (AvgIpc) is 2.38. The fourth-order valence-electron chi connectivity index (χ4n) is 1.83. The highest BCUT2D eigenvalue weighted by molar-refractivity contribution is 7.98. The van der Waals surface area contributed by atoms with Crippen LogP contribution in [-0.4, -0.2) is 6.26 Å². The van der Waals surface area contributed by atoms with Crippen LogP contribution in [0.25, 0.3) is 0 Å². The van der Waals surface area contributed by atoms with E-state index in [-0.39, 0.29) is 11.5 Å². The molecule has 2 aromatic rings. The van der Waals surface area contributed by atoms with Crippen LogP contribution in [0.2, 0.25) is 0 Å². The number of nitrogens with zero attached hydrogens (tertiary/aromatic N) is 1. The molecule has 0 saturated heterocycles. The lowest BCUT2D eigenvalue weighted by atomic mass is 10.1. The second-order valence-corrected chi connectivity index (χ2v) is 4.93. The van der Waals surface area contributed by atoms with Crippen molar-refractivity contribution in [2.45, 2.75) is 11.8 Å². The minimum absolute atomic E-state index is 0.0234. The minimum atomic E-state index is -0.726. The number of halogens is 2. The van der Waals surface area contributed by atoms with E-state index in [4.69, 9.17) is 4.74 Å². The van der Waals surface area contributed by atoms with Gasteiger partial charge in [-0.25, -0.2) is 8.78 Å². The van der Waals surface area contributed by atoms with Gasteiger partial charge in [0.1, 0.15) is 29.2 Å². The van der Waals surface area contributed by atoms with Crippen LogP contribution in [0.1, 0.15) is 11.1 Å². The van der Waals surface area contributed by atoms with Gasteiger partial charge in [0.2, 0.25) is 0 Å². The van der Waals surface area contributed by atoms with E-state index in [0.29, 0.717) is 5.56 Å². The zero-order valence-electron chi connectivity index (χ0n) is 10.9. The molecule has 2 aromatic carbocycles. The van der Waals surface area contributed by atoms with Crippen molar-refractivity contribution in [3.8, 4) is 17.6 Å². The number of ether oxygens (including phenoxy) is 1. The summed E-state index contributed by atoms with van der Waals surface area (Å²) in [6.45, 7) is 1.81. The van der Waals surface area contributed by atoms with Crippen LogP contribution in [0, 0.1) is 29.9 Å². The highest BCUT2D eigenvalue weighted by atomic mass is 32.2. The molecule has 0 atom stereocenters. The molecule has 0 fully saturated rings. The zero-order valence-corrected chi connectivity index (χ0v) is 11.7. The van der Waals surface area contributed by atoms with Crippen LogP contribution in [0.3, 0.4) is 0 Å². The van der Waals surface area contributed by atoms with Gasteiger partial charge in [0.25, 0.3) is 0 Å². The summed E-state index contributed by atoms with van der Waals surface area (Å²) in [5.41, 5.74) is 1.15. The van der Waals surface area contributed by atoms with Crippen molar-refractivity contribution in [1.82, 2.24) is 0 Å². The summed E-state index contributed by atoms with van der Waals surface area (Å²) in [7, 11) is 0. The maximum atomic E-state index is 13.1. The molecule has 0 aliphatic carbocycles. The third kappa shape index (κ3) is 2.91. The van der Waals surface area contributed by atoms with Gasteiger partial charge in [-0.2, -0.15) is 5.26 Å². The summed E-state index contributed by atoms with van der Waals surface area (Å²) < 4.78 is 31.7. The van der Waals surface area contributed by atoms with Crippen molar-refractivity contribution in [2.24, 2.45) is 0 Å². The van der Waals surface area contributed by atoms with Crippen LogP contribution >= 0.6 is 11.8 Å².